The molecular weight excluding hydrogens is 324 g/mol. The van der Waals surface area contributed by atoms with Crippen molar-refractivity contribution in [3.05, 3.63) is 57.3 Å². The van der Waals surface area contributed by atoms with E-state index in [0.717, 1.165) is 17.4 Å². The van der Waals surface area contributed by atoms with Crippen molar-refractivity contribution in [3.8, 4) is 0 Å². The third-order valence-corrected chi connectivity index (χ3v) is 4.98. The number of hydrogen-bond donors (Lipinski definition) is 1. The second-order valence-corrected chi connectivity index (χ2v) is 6.46. The SMILES string of the molecule is O=C(O)c1ccc(C(=O)N2CCC(c3ccc(F)c(F)c3)C2)s1. The van der Waals surface area contributed by atoms with Gasteiger partial charge in [0.15, 0.2) is 11.6 Å². The summed E-state index contributed by atoms with van der Waals surface area (Å²) < 4.78 is 26.3. The van der Waals surface area contributed by atoms with Crippen LogP contribution in [0.3, 0.4) is 0 Å². The first-order valence-electron chi connectivity index (χ1n) is 7.03. The van der Waals surface area contributed by atoms with Crippen molar-refractivity contribution in [2.24, 2.45) is 0 Å². The molecule has 1 amide bonds. The molecule has 0 bridgehead atoms. The Balaban J connectivity index is 1.72. The van der Waals surface area contributed by atoms with E-state index in [1.807, 2.05) is 0 Å². The van der Waals surface area contributed by atoms with Crippen LogP contribution in [0.1, 0.15) is 37.2 Å². The molecule has 23 heavy (non-hydrogen) atoms. The summed E-state index contributed by atoms with van der Waals surface area (Å²) in [5, 5.41) is 8.90. The van der Waals surface area contributed by atoms with Crippen LogP contribution in [0.15, 0.2) is 30.3 Å². The van der Waals surface area contributed by atoms with Gasteiger partial charge in [-0.3, -0.25) is 4.79 Å². The number of hydrogen-bond acceptors (Lipinski definition) is 3. The van der Waals surface area contributed by atoms with E-state index in [4.69, 9.17) is 5.11 Å². The normalized spacial score (nSPS) is 17.5. The zero-order valence-electron chi connectivity index (χ0n) is 12.0. The Morgan fingerprint density at radius 2 is 1.87 bits per heavy atom. The third-order valence-electron chi connectivity index (χ3n) is 3.92. The highest BCUT2D eigenvalue weighted by Gasteiger charge is 2.29. The Morgan fingerprint density at radius 3 is 2.52 bits per heavy atom. The maximum absolute atomic E-state index is 13.3. The molecule has 2 aromatic rings. The fourth-order valence-corrected chi connectivity index (χ4v) is 3.52. The van der Waals surface area contributed by atoms with Gasteiger partial charge in [0.1, 0.15) is 4.88 Å². The molecule has 1 aliphatic heterocycles. The molecule has 3 rings (SSSR count). The molecule has 1 unspecified atom stereocenters. The van der Waals surface area contributed by atoms with Crippen LogP contribution in [-0.4, -0.2) is 35.0 Å². The number of nitrogens with zero attached hydrogens (tertiary/aromatic N) is 1. The predicted molar refractivity (Wildman–Crippen MR) is 80.9 cm³/mol. The van der Waals surface area contributed by atoms with Gasteiger partial charge < -0.3 is 10.0 Å². The fourth-order valence-electron chi connectivity index (χ4n) is 2.71. The lowest BCUT2D eigenvalue weighted by Gasteiger charge is -2.16. The molecule has 2 heterocycles. The second kappa shape index (κ2) is 6.08. The molecule has 1 aromatic heterocycles. The number of carbonyl (C=O) groups is 2. The van der Waals surface area contributed by atoms with Crippen LogP contribution in [0.5, 0.6) is 0 Å². The van der Waals surface area contributed by atoms with Crippen LogP contribution in [0.25, 0.3) is 0 Å². The molecule has 7 heteroatoms. The monoisotopic (exact) mass is 337 g/mol. The van der Waals surface area contributed by atoms with E-state index in [1.54, 1.807) is 4.90 Å². The first-order chi connectivity index (χ1) is 11.0. The summed E-state index contributed by atoms with van der Waals surface area (Å²) in [6.45, 7) is 0.910. The summed E-state index contributed by atoms with van der Waals surface area (Å²) in [5.41, 5.74) is 0.664. The van der Waals surface area contributed by atoms with Crippen LogP contribution in [0, 0.1) is 11.6 Å². The molecule has 1 aliphatic rings. The summed E-state index contributed by atoms with van der Waals surface area (Å²) >= 11 is 0.937. The van der Waals surface area contributed by atoms with Crippen LogP contribution in [0.2, 0.25) is 0 Å². The van der Waals surface area contributed by atoms with Crippen molar-refractivity contribution in [2.75, 3.05) is 13.1 Å². The number of amides is 1. The molecule has 4 nitrogen and oxygen atoms in total. The Labute approximate surface area is 135 Å². The van der Waals surface area contributed by atoms with Crippen molar-refractivity contribution < 1.29 is 23.5 Å². The lowest BCUT2D eigenvalue weighted by molar-refractivity contribution is 0.0701. The quantitative estimate of drug-likeness (QED) is 0.934. The van der Waals surface area contributed by atoms with Crippen LogP contribution in [-0.2, 0) is 0 Å². The molecule has 1 aromatic carbocycles. The zero-order chi connectivity index (χ0) is 16.6. The summed E-state index contributed by atoms with van der Waals surface area (Å²) in [5.74, 6) is -3.12. The van der Waals surface area contributed by atoms with E-state index in [1.165, 1.54) is 24.3 Å². The largest absolute Gasteiger partial charge is 0.477 e. The summed E-state index contributed by atoms with van der Waals surface area (Å²) in [6.07, 6.45) is 0.661. The van der Waals surface area contributed by atoms with Gasteiger partial charge in [0.05, 0.1) is 4.88 Å². The predicted octanol–water partition coefficient (Wildman–Crippen LogP) is 3.35. The molecular formula is C16H13F2NO3S. The van der Waals surface area contributed by atoms with Gasteiger partial charge in [-0.15, -0.1) is 11.3 Å². The maximum Gasteiger partial charge on any atom is 0.345 e. The number of thiophene rings is 1. The highest BCUT2D eigenvalue weighted by atomic mass is 32.1. The summed E-state index contributed by atoms with van der Waals surface area (Å²) in [6, 6.07) is 6.70. The number of aromatic carboxylic acids is 1. The van der Waals surface area contributed by atoms with Crippen LogP contribution < -0.4 is 0 Å². The maximum atomic E-state index is 13.3. The Bertz CT molecular complexity index is 774. The number of halogens is 2. The van der Waals surface area contributed by atoms with E-state index in [0.29, 0.717) is 30.0 Å². The van der Waals surface area contributed by atoms with E-state index in [2.05, 4.69) is 0 Å². The zero-order valence-corrected chi connectivity index (χ0v) is 12.8. The summed E-state index contributed by atoms with van der Waals surface area (Å²) in [4.78, 5) is 25.4. The molecule has 120 valence electrons. The minimum atomic E-state index is -1.06. The van der Waals surface area contributed by atoms with E-state index in [9.17, 15) is 18.4 Å². The second-order valence-electron chi connectivity index (χ2n) is 5.38. The third kappa shape index (κ3) is 3.10. The van der Waals surface area contributed by atoms with Gasteiger partial charge in [-0.25, -0.2) is 13.6 Å². The van der Waals surface area contributed by atoms with E-state index >= 15 is 0 Å². The van der Waals surface area contributed by atoms with Gasteiger partial charge in [0, 0.05) is 19.0 Å². The molecule has 0 saturated carbocycles. The lowest BCUT2D eigenvalue weighted by Crippen LogP contribution is -2.27. The van der Waals surface area contributed by atoms with Gasteiger partial charge in [-0.05, 0) is 36.2 Å². The number of carbonyl (C=O) groups excluding carboxylic acids is 1. The Kier molecular flexibility index (Phi) is 4.12. The first kappa shape index (κ1) is 15.6. The minimum absolute atomic E-state index is 0.0482. The molecule has 1 saturated heterocycles. The number of benzene rings is 1. The van der Waals surface area contributed by atoms with Crippen LogP contribution in [0.4, 0.5) is 8.78 Å². The first-order valence-corrected chi connectivity index (χ1v) is 7.84. The van der Waals surface area contributed by atoms with Gasteiger partial charge in [0.2, 0.25) is 0 Å². The number of carboxylic acid groups (broad SMARTS) is 1. The topological polar surface area (TPSA) is 57.6 Å². The highest BCUT2D eigenvalue weighted by Crippen LogP contribution is 2.30. The van der Waals surface area contributed by atoms with Crippen molar-refractivity contribution in [2.45, 2.75) is 12.3 Å². The van der Waals surface area contributed by atoms with E-state index in [-0.39, 0.29) is 16.7 Å². The molecule has 0 radical (unpaired) electrons. The van der Waals surface area contributed by atoms with Gasteiger partial charge in [-0.1, -0.05) is 6.07 Å². The molecule has 0 spiro atoms. The highest BCUT2D eigenvalue weighted by molar-refractivity contribution is 7.15. The van der Waals surface area contributed by atoms with Crippen molar-refractivity contribution in [1.29, 1.82) is 0 Å². The average Bonchev–Trinajstić information content (AvgIpc) is 3.18. The van der Waals surface area contributed by atoms with Gasteiger partial charge in [0.25, 0.3) is 5.91 Å². The average molecular weight is 337 g/mol. The van der Waals surface area contributed by atoms with Gasteiger partial charge in [-0.2, -0.15) is 0 Å². The molecule has 1 atom stereocenters. The number of likely N-dealkylation sites (tertiary alicyclic amines) is 1. The molecule has 1 fully saturated rings. The fraction of sp³-hybridized carbons (Fsp3) is 0.250. The smallest absolute Gasteiger partial charge is 0.345 e. The standard InChI is InChI=1S/C16H13F2NO3S/c17-11-2-1-9(7-12(11)18)10-5-6-19(8-10)15(20)13-3-4-14(23-13)16(21)22/h1-4,7,10H,5-6,8H2,(H,21,22). The van der Waals surface area contributed by atoms with E-state index < -0.39 is 17.6 Å². The minimum Gasteiger partial charge on any atom is -0.477 e. The van der Waals surface area contributed by atoms with Crippen molar-refractivity contribution in [1.82, 2.24) is 4.90 Å². The Morgan fingerprint density at radius 1 is 1.13 bits per heavy atom. The number of rotatable bonds is 3. The summed E-state index contributed by atoms with van der Waals surface area (Å²) in [7, 11) is 0. The van der Waals surface area contributed by atoms with Gasteiger partial charge >= 0.3 is 5.97 Å². The lowest BCUT2D eigenvalue weighted by atomic mass is 9.98. The van der Waals surface area contributed by atoms with Crippen molar-refractivity contribution in [3.63, 3.8) is 0 Å². The molecule has 1 N–H and O–H groups in total. The number of carboxylic acids is 1. The van der Waals surface area contributed by atoms with Crippen LogP contribution >= 0.6 is 11.3 Å². The Hall–Kier alpha value is -2.28. The van der Waals surface area contributed by atoms with Crippen molar-refractivity contribution >= 4 is 23.2 Å². The molecule has 0 aliphatic carbocycles.